The fourth-order valence-electron chi connectivity index (χ4n) is 2.95. The Balaban J connectivity index is 0.00000242. The normalized spacial score (nSPS) is 19.7. The van der Waals surface area contributed by atoms with Crippen LogP contribution in [0.2, 0.25) is 0 Å². The lowest BCUT2D eigenvalue weighted by Crippen LogP contribution is -2.30. The summed E-state index contributed by atoms with van der Waals surface area (Å²) in [4.78, 5) is 12.5. The van der Waals surface area contributed by atoms with Crippen LogP contribution < -0.4 is 16.4 Å². The van der Waals surface area contributed by atoms with E-state index in [2.05, 4.69) is 40.4 Å². The molecular weight excluding hydrogens is 401 g/mol. The number of halogens is 3. The number of nitrogens with two attached hydrogens (primary N) is 1. The molecular formula is C16H26BrCl2N3O. The molecule has 1 aliphatic carbocycles. The summed E-state index contributed by atoms with van der Waals surface area (Å²) in [6.45, 7) is 4.75. The minimum Gasteiger partial charge on any atom is -0.381 e. The molecule has 0 saturated heterocycles. The maximum Gasteiger partial charge on any atom is 0.227 e. The third-order valence-electron chi connectivity index (χ3n) is 3.98. The van der Waals surface area contributed by atoms with Gasteiger partial charge in [-0.15, -0.1) is 24.8 Å². The van der Waals surface area contributed by atoms with Crippen molar-refractivity contribution in [3.05, 3.63) is 22.7 Å². The second-order valence-electron chi connectivity index (χ2n) is 6.01. The van der Waals surface area contributed by atoms with Gasteiger partial charge in [-0.25, -0.2) is 0 Å². The van der Waals surface area contributed by atoms with Crippen molar-refractivity contribution >= 4 is 58.0 Å². The van der Waals surface area contributed by atoms with E-state index in [9.17, 15) is 4.79 Å². The Kier molecular flexibility index (Phi) is 10.2. The number of nitrogens with one attached hydrogen (secondary N) is 2. The summed E-state index contributed by atoms with van der Waals surface area (Å²) in [5, 5.41) is 6.44. The largest absolute Gasteiger partial charge is 0.381 e. The summed E-state index contributed by atoms with van der Waals surface area (Å²) in [6.07, 6.45) is 3.09. The Morgan fingerprint density at radius 3 is 2.61 bits per heavy atom. The molecule has 0 heterocycles. The maximum atomic E-state index is 12.5. The van der Waals surface area contributed by atoms with E-state index in [1.807, 2.05) is 18.2 Å². The van der Waals surface area contributed by atoms with E-state index in [0.29, 0.717) is 18.5 Å². The van der Waals surface area contributed by atoms with Crippen molar-refractivity contribution in [2.45, 2.75) is 39.2 Å². The van der Waals surface area contributed by atoms with Gasteiger partial charge in [0.05, 0.1) is 11.4 Å². The monoisotopic (exact) mass is 425 g/mol. The van der Waals surface area contributed by atoms with Gasteiger partial charge in [-0.05, 0) is 57.4 Å². The molecule has 1 aromatic carbocycles. The van der Waals surface area contributed by atoms with Crippen LogP contribution in [0.5, 0.6) is 0 Å². The zero-order valence-electron chi connectivity index (χ0n) is 13.5. The summed E-state index contributed by atoms with van der Waals surface area (Å²) in [7, 11) is 0. The molecule has 0 aromatic heterocycles. The van der Waals surface area contributed by atoms with E-state index in [-0.39, 0.29) is 36.6 Å². The van der Waals surface area contributed by atoms with Gasteiger partial charge in [0.25, 0.3) is 0 Å². The highest BCUT2D eigenvalue weighted by Gasteiger charge is 2.32. The van der Waals surface area contributed by atoms with Crippen LogP contribution in [0.3, 0.4) is 0 Å². The van der Waals surface area contributed by atoms with Crippen LogP contribution in [-0.2, 0) is 4.79 Å². The molecule has 132 valence electrons. The highest BCUT2D eigenvalue weighted by Crippen LogP contribution is 2.33. The Bertz CT molecular complexity index is 514. The molecule has 0 aliphatic heterocycles. The third-order valence-corrected chi connectivity index (χ3v) is 4.48. The second-order valence-corrected chi connectivity index (χ2v) is 6.93. The number of hydrogen-bond acceptors (Lipinski definition) is 3. The number of benzene rings is 1. The smallest absolute Gasteiger partial charge is 0.227 e. The first-order chi connectivity index (χ1) is 10.0. The predicted molar refractivity (Wildman–Crippen MR) is 106 cm³/mol. The quantitative estimate of drug-likeness (QED) is 0.652. The van der Waals surface area contributed by atoms with Gasteiger partial charge in [0.15, 0.2) is 0 Å². The van der Waals surface area contributed by atoms with Crippen LogP contribution in [0.25, 0.3) is 0 Å². The van der Waals surface area contributed by atoms with Gasteiger partial charge >= 0.3 is 0 Å². The first kappa shape index (κ1) is 22.5. The minimum absolute atomic E-state index is 0. The van der Waals surface area contributed by atoms with Crippen molar-refractivity contribution < 1.29 is 4.79 Å². The number of amides is 1. The zero-order valence-corrected chi connectivity index (χ0v) is 16.7. The number of carbonyl (C=O) groups is 1. The van der Waals surface area contributed by atoms with Crippen molar-refractivity contribution in [2.75, 3.05) is 17.2 Å². The number of carbonyl (C=O) groups excluding carboxylic acids is 1. The molecule has 1 saturated carbocycles. The van der Waals surface area contributed by atoms with E-state index in [1.54, 1.807) is 0 Å². The third kappa shape index (κ3) is 6.14. The van der Waals surface area contributed by atoms with Crippen LogP contribution in [0.1, 0.15) is 33.1 Å². The van der Waals surface area contributed by atoms with Gasteiger partial charge in [-0.3, -0.25) is 4.79 Å². The molecule has 1 aliphatic rings. The Morgan fingerprint density at radius 1 is 1.30 bits per heavy atom. The second kappa shape index (κ2) is 10.4. The van der Waals surface area contributed by atoms with Crippen LogP contribution in [0.4, 0.5) is 11.4 Å². The maximum absolute atomic E-state index is 12.5. The number of rotatable bonds is 5. The summed E-state index contributed by atoms with van der Waals surface area (Å²) in [5.41, 5.74) is 7.55. The van der Waals surface area contributed by atoms with E-state index >= 15 is 0 Å². The SMILES string of the molecule is CC(C)Nc1ccc(Br)cc1NC(=O)[C@@H]1CCC[C@@H]1CN.Cl.Cl. The fraction of sp³-hybridized carbons (Fsp3) is 0.562. The highest BCUT2D eigenvalue weighted by atomic mass is 79.9. The molecule has 1 fully saturated rings. The Hall–Kier alpha value is -0.490. The topological polar surface area (TPSA) is 67.1 Å². The minimum atomic E-state index is 0. The summed E-state index contributed by atoms with van der Waals surface area (Å²) < 4.78 is 0.953. The highest BCUT2D eigenvalue weighted by molar-refractivity contribution is 9.10. The van der Waals surface area contributed by atoms with Gasteiger partial charge in [0.1, 0.15) is 0 Å². The average Bonchev–Trinajstić information content (AvgIpc) is 2.90. The van der Waals surface area contributed by atoms with Crippen molar-refractivity contribution in [1.82, 2.24) is 0 Å². The molecule has 0 spiro atoms. The first-order valence-electron chi connectivity index (χ1n) is 7.58. The summed E-state index contributed by atoms with van der Waals surface area (Å²) in [5.74, 6) is 0.451. The molecule has 23 heavy (non-hydrogen) atoms. The molecule has 2 atom stereocenters. The number of anilines is 2. The fourth-order valence-corrected chi connectivity index (χ4v) is 3.31. The molecule has 1 aromatic rings. The van der Waals surface area contributed by atoms with Gasteiger partial charge in [0, 0.05) is 16.4 Å². The lowest BCUT2D eigenvalue weighted by molar-refractivity contribution is -0.120. The standard InChI is InChI=1S/C16H24BrN3O.2ClH/c1-10(2)19-14-7-6-12(17)8-15(14)20-16(21)13-5-3-4-11(13)9-18;;/h6-8,10-11,13,19H,3-5,9,18H2,1-2H3,(H,20,21);2*1H/t11-,13-;;/m1../s1. The van der Waals surface area contributed by atoms with Gasteiger partial charge < -0.3 is 16.4 Å². The van der Waals surface area contributed by atoms with Crippen LogP contribution in [-0.4, -0.2) is 18.5 Å². The predicted octanol–water partition coefficient (Wildman–Crippen LogP) is 4.43. The molecule has 0 radical (unpaired) electrons. The molecule has 7 heteroatoms. The van der Waals surface area contributed by atoms with E-state index in [0.717, 1.165) is 35.1 Å². The molecule has 4 N–H and O–H groups in total. The van der Waals surface area contributed by atoms with Crippen LogP contribution in [0.15, 0.2) is 22.7 Å². The van der Waals surface area contributed by atoms with Crippen molar-refractivity contribution in [2.24, 2.45) is 17.6 Å². The molecule has 2 rings (SSSR count). The lowest BCUT2D eigenvalue weighted by Gasteiger charge is -2.20. The van der Waals surface area contributed by atoms with Crippen molar-refractivity contribution in [3.8, 4) is 0 Å². The van der Waals surface area contributed by atoms with Crippen molar-refractivity contribution in [1.29, 1.82) is 0 Å². The average molecular weight is 427 g/mol. The number of hydrogen-bond donors (Lipinski definition) is 3. The Labute approximate surface area is 159 Å². The molecule has 1 amide bonds. The molecule has 0 unspecified atom stereocenters. The zero-order chi connectivity index (χ0) is 15.4. The van der Waals surface area contributed by atoms with Crippen molar-refractivity contribution in [3.63, 3.8) is 0 Å². The lowest BCUT2D eigenvalue weighted by atomic mass is 9.95. The van der Waals surface area contributed by atoms with Gasteiger partial charge in [-0.2, -0.15) is 0 Å². The summed E-state index contributed by atoms with van der Waals surface area (Å²) in [6, 6.07) is 6.20. The summed E-state index contributed by atoms with van der Waals surface area (Å²) >= 11 is 3.46. The first-order valence-corrected chi connectivity index (χ1v) is 8.37. The van der Waals surface area contributed by atoms with Crippen LogP contribution in [0, 0.1) is 11.8 Å². The molecule has 0 bridgehead atoms. The van der Waals surface area contributed by atoms with Gasteiger partial charge in [-0.1, -0.05) is 22.4 Å². The van der Waals surface area contributed by atoms with E-state index in [1.165, 1.54) is 0 Å². The molecule has 4 nitrogen and oxygen atoms in total. The van der Waals surface area contributed by atoms with Crippen LogP contribution >= 0.6 is 40.7 Å². The van der Waals surface area contributed by atoms with E-state index in [4.69, 9.17) is 5.73 Å². The van der Waals surface area contributed by atoms with E-state index < -0.39 is 0 Å². The Morgan fingerprint density at radius 2 is 2.00 bits per heavy atom. The van der Waals surface area contributed by atoms with Gasteiger partial charge in [0.2, 0.25) is 5.91 Å².